The van der Waals surface area contributed by atoms with E-state index in [0.29, 0.717) is 0 Å². The summed E-state index contributed by atoms with van der Waals surface area (Å²) in [5, 5.41) is 0. The van der Waals surface area contributed by atoms with Crippen molar-refractivity contribution in [1.82, 2.24) is 0 Å². The Kier molecular flexibility index (Phi) is 4.63. The molecule has 0 heterocycles. The highest BCUT2D eigenvalue weighted by molar-refractivity contribution is 5.72. The zero-order chi connectivity index (χ0) is 15.0. The lowest BCUT2D eigenvalue weighted by Gasteiger charge is -1.97. The molecule has 0 heteroatoms. The van der Waals surface area contributed by atoms with Crippen LogP contribution < -0.4 is 0 Å². The average Bonchev–Trinajstić information content (AvgIpc) is 2.61. The fourth-order valence-electron chi connectivity index (χ4n) is 2.23. The van der Waals surface area contributed by atoms with E-state index in [4.69, 9.17) is 0 Å². The maximum Gasteiger partial charge on any atom is -0.0256 e. The molecule has 0 aliphatic heterocycles. The quantitative estimate of drug-likeness (QED) is 0.513. The van der Waals surface area contributed by atoms with E-state index in [9.17, 15) is 0 Å². The van der Waals surface area contributed by atoms with Crippen LogP contribution in [0.5, 0.6) is 0 Å². The van der Waals surface area contributed by atoms with Gasteiger partial charge in [-0.2, -0.15) is 0 Å². The van der Waals surface area contributed by atoms with Crippen LogP contribution in [0, 0.1) is 0 Å². The van der Waals surface area contributed by atoms with E-state index in [1.807, 2.05) is 12.1 Å². The summed E-state index contributed by atoms with van der Waals surface area (Å²) in [4.78, 5) is 0. The van der Waals surface area contributed by atoms with Crippen molar-refractivity contribution in [2.45, 2.75) is 0 Å². The van der Waals surface area contributed by atoms with Crippen LogP contribution in [-0.2, 0) is 0 Å². The van der Waals surface area contributed by atoms with Crippen LogP contribution in [0.15, 0.2) is 84.9 Å². The van der Waals surface area contributed by atoms with E-state index in [0.717, 1.165) is 0 Å². The first-order valence-corrected chi connectivity index (χ1v) is 7.46. The lowest BCUT2D eigenvalue weighted by atomic mass is 10.1. The Morgan fingerprint density at radius 3 is 0.909 bits per heavy atom. The van der Waals surface area contributed by atoms with Crippen LogP contribution in [0.3, 0.4) is 0 Å². The Labute approximate surface area is 132 Å². The SMILES string of the molecule is C(=C\c1ccc(/C=C/c2ccccc2)cc1)/c1ccccc1. The van der Waals surface area contributed by atoms with Crippen LogP contribution in [0.25, 0.3) is 24.3 Å². The predicted octanol–water partition coefficient (Wildman–Crippen LogP) is 6.03. The Hall–Kier alpha value is -2.86. The smallest absolute Gasteiger partial charge is 0.0256 e. The third-order valence-electron chi connectivity index (χ3n) is 3.47. The summed E-state index contributed by atoms with van der Waals surface area (Å²) in [5.74, 6) is 0. The summed E-state index contributed by atoms with van der Waals surface area (Å²) in [6.07, 6.45) is 8.55. The summed E-state index contributed by atoms with van der Waals surface area (Å²) in [5.41, 5.74) is 4.85. The Morgan fingerprint density at radius 1 is 0.318 bits per heavy atom. The average molecular weight is 282 g/mol. The van der Waals surface area contributed by atoms with Gasteiger partial charge in [0.2, 0.25) is 0 Å². The minimum atomic E-state index is 1.21. The molecule has 3 aromatic carbocycles. The molecule has 0 amide bonds. The third kappa shape index (κ3) is 4.07. The third-order valence-corrected chi connectivity index (χ3v) is 3.47. The van der Waals surface area contributed by atoms with Gasteiger partial charge in [-0.1, -0.05) is 109 Å². The van der Waals surface area contributed by atoms with Crippen molar-refractivity contribution in [3.8, 4) is 0 Å². The van der Waals surface area contributed by atoms with Crippen LogP contribution in [0.1, 0.15) is 22.3 Å². The lowest BCUT2D eigenvalue weighted by molar-refractivity contribution is 1.61. The lowest BCUT2D eigenvalue weighted by Crippen LogP contribution is -1.75. The standard InChI is InChI=1S/C22H18/c1-3-7-19(8-4-1)11-13-21-15-17-22(18-16-21)14-12-20-9-5-2-6-10-20/h1-18H/b13-11+,14-12+. The second-order valence-corrected chi connectivity index (χ2v) is 5.15. The second-order valence-electron chi connectivity index (χ2n) is 5.15. The van der Waals surface area contributed by atoms with Gasteiger partial charge >= 0.3 is 0 Å². The van der Waals surface area contributed by atoms with Crippen LogP contribution in [0.4, 0.5) is 0 Å². The van der Waals surface area contributed by atoms with E-state index in [2.05, 4.69) is 97.1 Å². The van der Waals surface area contributed by atoms with Gasteiger partial charge in [-0.25, -0.2) is 0 Å². The Bertz CT molecular complexity index is 680. The maximum absolute atomic E-state index is 2.14. The van der Waals surface area contributed by atoms with Gasteiger partial charge in [0.15, 0.2) is 0 Å². The zero-order valence-corrected chi connectivity index (χ0v) is 12.4. The van der Waals surface area contributed by atoms with Gasteiger partial charge in [0.1, 0.15) is 0 Å². The van der Waals surface area contributed by atoms with E-state index in [-0.39, 0.29) is 0 Å². The first kappa shape index (κ1) is 14.1. The molecule has 106 valence electrons. The van der Waals surface area contributed by atoms with Gasteiger partial charge in [0.05, 0.1) is 0 Å². The topological polar surface area (TPSA) is 0 Å². The minimum Gasteiger partial charge on any atom is -0.0622 e. The molecule has 0 bridgehead atoms. The van der Waals surface area contributed by atoms with Crippen molar-refractivity contribution in [2.75, 3.05) is 0 Å². The minimum absolute atomic E-state index is 1.21. The fourth-order valence-corrected chi connectivity index (χ4v) is 2.23. The maximum atomic E-state index is 2.14. The van der Waals surface area contributed by atoms with E-state index < -0.39 is 0 Å². The molecule has 3 aromatic rings. The van der Waals surface area contributed by atoms with Crippen molar-refractivity contribution < 1.29 is 0 Å². The van der Waals surface area contributed by atoms with Crippen molar-refractivity contribution in [3.63, 3.8) is 0 Å². The molecule has 0 aliphatic carbocycles. The predicted molar refractivity (Wildman–Crippen MR) is 97.2 cm³/mol. The van der Waals surface area contributed by atoms with Crippen molar-refractivity contribution in [2.24, 2.45) is 0 Å². The second kappa shape index (κ2) is 7.24. The van der Waals surface area contributed by atoms with E-state index in [1.165, 1.54) is 22.3 Å². The van der Waals surface area contributed by atoms with E-state index >= 15 is 0 Å². The van der Waals surface area contributed by atoms with Gasteiger partial charge < -0.3 is 0 Å². The molecular formula is C22H18. The van der Waals surface area contributed by atoms with Gasteiger partial charge in [0, 0.05) is 0 Å². The number of rotatable bonds is 4. The largest absolute Gasteiger partial charge is 0.0622 e. The first-order chi connectivity index (χ1) is 10.9. The summed E-state index contributed by atoms with van der Waals surface area (Å²) < 4.78 is 0. The van der Waals surface area contributed by atoms with Gasteiger partial charge in [-0.3, -0.25) is 0 Å². The van der Waals surface area contributed by atoms with Crippen LogP contribution in [0.2, 0.25) is 0 Å². The molecule has 0 fully saturated rings. The molecule has 0 radical (unpaired) electrons. The number of hydrogen-bond acceptors (Lipinski definition) is 0. The van der Waals surface area contributed by atoms with E-state index in [1.54, 1.807) is 0 Å². The molecule has 0 atom stereocenters. The molecule has 0 spiro atoms. The Balaban J connectivity index is 1.68. The summed E-state index contributed by atoms with van der Waals surface area (Å²) in [6, 6.07) is 29.3. The molecule has 0 saturated carbocycles. The molecular weight excluding hydrogens is 264 g/mol. The van der Waals surface area contributed by atoms with Gasteiger partial charge in [0.25, 0.3) is 0 Å². The number of benzene rings is 3. The molecule has 22 heavy (non-hydrogen) atoms. The molecule has 0 unspecified atom stereocenters. The summed E-state index contributed by atoms with van der Waals surface area (Å²) in [7, 11) is 0. The van der Waals surface area contributed by atoms with Gasteiger partial charge in [-0.15, -0.1) is 0 Å². The van der Waals surface area contributed by atoms with Crippen molar-refractivity contribution in [1.29, 1.82) is 0 Å². The van der Waals surface area contributed by atoms with Crippen LogP contribution >= 0.6 is 0 Å². The van der Waals surface area contributed by atoms with Crippen LogP contribution in [-0.4, -0.2) is 0 Å². The molecule has 3 rings (SSSR count). The molecule has 0 aromatic heterocycles. The fraction of sp³-hybridized carbons (Fsp3) is 0. The highest BCUT2D eigenvalue weighted by Gasteiger charge is 1.90. The van der Waals surface area contributed by atoms with Crippen molar-refractivity contribution in [3.05, 3.63) is 107 Å². The van der Waals surface area contributed by atoms with Crippen molar-refractivity contribution >= 4 is 24.3 Å². The molecule has 0 aliphatic rings. The molecule has 0 saturated heterocycles. The molecule has 0 N–H and O–H groups in total. The van der Waals surface area contributed by atoms with Gasteiger partial charge in [-0.05, 0) is 22.3 Å². The summed E-state index contributed by atoms with van der Waals surface area (Å²) in [6.45, 7) is 0. The monoisotopic (exact) mass is 282 g/mol. The molecule has 0 nitrogen and oxygen atoms in total. The summed E-state index contributed by atoms with van der Waals surface area (Å²) >= 11 is 0. The highest BCUT2D eigenvalue weighted by Crippen LogP contribution is 2.12. The number of hydrogen-bond donors (Lipinski definition) is 0. The first-order valence-electron chi connectivity index (χ1n) is 7.46. The zero-order valence-electron chi connectivity index (χ0n) is 12.4. The highest BCUT2D eigenvalue weighted by atomic mass is 14.0. The normalized spacial score (nSPS) is 11.3. The Morgan fingerprint density at radius 2 is 0.591 bits per heavy atom.